The lowest BCUT2D eigenvalue weighted by Crippen LogP contribution is -1.99. The second-order valence-corrected chi connectivity index (χ2v) is 4.94. The van der Waals surface area contributed by atoms with Gasteiger partial charge in [-0.15, -0.1) is 0 Å². The van der Waals surface area contributed by atoms with Gasteiger partial charge in [0.2, 0.25) is 0 Å². The van der Waals surface area contributed by atoms with Gasteiger partial charge in [-0.2, -0.15) is 11.3 Å². The van der Waals surface area contributed by atoms with E-state index in [1.54, 1.807) is 11.3 Å². The van der Waals surface area contributed by atoms with Crippen LogP contribution in [0.4, 0.5) is 0 Å². The Morgan fingerprint density at radius 2 is 1.88 bits per heavy atom. The van der Waals surface area contributed by atoms with Gasteiger partial charge in [0.1, 0.15) is 0 Å². The Balaban J connectivity index is 2.21. The summed E-state index contributed by atoms with van der Waals surface area (Å²) in [5.74, 6) is 0.590. The van der Waals surface area contributed by atoms with Gasteiger partial charge >= 0.3 is 0 Å². The van der Waals surface area contributed by atoms with Crippen LogP contribution in [0, 0.1) is 0 Å². The molecule has 0 spiro atoms. The third-order valence-electron chi connectivity index (χ3n) is 2.99. The van der Waals surface area contributed by atoms with Crippen LogP contribution < -0.4 is 0 Å². The van der Waals surface area contributed by atoms with Gasteiger partial charge in [0.25, 0.3) is 0 Å². The molecule has 2 rings (SSSR count). The van der Waals surface area contributed by atoms with E-state index in [1.807, 2.05) is 0 Å². The molecule has 0 aliphatic rings. The van der Waals surface area contributed by atoms with E-state index >= 15 is 0 Å². The van der Waals surface area contributed by atoms with Crippen molar-refractivity contribution in [2.24, 2.45) is 0 Å². The Labute approximate surface area is 102 Å². The lowest BCUT2D eigenvalue weighted by Gasteiger charge is -2.15. The van der Waals surface area contributed by atoms with Crippen molar-refractivity contribution < 1.29 is 0 Å². The van der Waals surface area contributed by atoms with Crippen LogP contribution in [0.2, 0.25) is 0 Å². The minimum atomic E-state index is 0.590. The minimum absolute atomic E-state index is 0.590. The van der Waals surface area contributed by atoms with Crippen LogP contribution in [0.25, 0.3) is 0 Å². The molecule has 0 nitrogen and oxygen atoms in total. The summed E-state index contributed by atoms with van der Waals surface area (Å²) in [5.41, 5.74) is 2.93. The molecule has 1 aromatic heterocycles. The van der Waals surface area contributed by atoms with Crippen LogP contribution in [-0.4, -0.2) is 0 Å². The zero-order valence-electron chi connectivity index (χ0n) is 9.73. The predicted molar refractivity (Wildman–Crippen MR) is 72.1 cm³/mol. The van der Waals surface area contributed by atoms with Crippen molar-refractivity contribution in [3.8, 4) is 0 Å². The zero-order valence-corrected chi connectivity index (χ0v) is 10.5. The van der Waals surface area contributed by atoms with Crippen LogP contribution in [-0.2, 0) is 0 Å². The van der Waals surface area contributed by atoms with Crippen LogP contribution in [0.15, 0.2) is 47.2 Å². The highest BCUT2D eigenvalue weighted by Gasteiger charge is 2.13. The summed E-state index contributed by atoms with van der Waals surface area (Å²) < 4.78 is 0. The Morgan fingerprint density at radius 3 is 2.50 bits per heavy atom. The molecule has 84 valence electrons. The molecular weight excluding hydrogens is 212 g/mol. The van der Waals surface area contributed by atoms with Gasteiger partial charge in [-0.3, -0.25) is 0 Å². The lowest BCUT2D eigenvalue weighted by molar-refractivity contribution is 0.652. The first-order valence-electron chi connectivity index (χ1n) is 5.99. The molecule has 0 saturated carbocycles. The van der Waals surface area contributed by atoms with Gasteiger partial charge in [-0.05, 0) is 34.4 Å². The van der Waals surface area contributed by atoms with E-state index < -0.39 is 0 Å². The molecule has 1 aromatic carbocycles. The van der Waals surface area contributed by atoms with Gasteiger partial charge in [-0.25, -0.2) is 0 Å². The van der Waals surface area contributed by atoms with Crippen molar-refractivity contribution >= 4 is 11.3 Å². The Kier molecular flexibility index (Phi) is 4.17. The van der Waals surface area contributed by atoms with Gasteiger partial charge in [0.05, 0.1) is 0 Å². The fraction of sp³-hybridized carbons (Fsp3) is 0.333. The predicted octanol–water partition coefficient (Wildman–Crippen LogP) is 5.07. The number of benzene rings is 1. The maximum atomic E-state index is 2.29. The molecular formula is C15H18S. The first-order valence-corrected chi connectivity index (χ1v) is 6.93. The molecule has 1 heterocycles. The van der Waals surface area contributed by atoms with Gasteiger partial charge in [0, 0.05) is 5.92 Å². The van der Waals surface area contributed by atoms with Crippen LogP contribution in [0.1, 0.15) is 43.2 Å². The summed E-state index contributed by atoms with van der Waals surface area (Å²) in [6.07, 6.45) is 3.83. The number of thiophene rings is 1. The van der Waals surface area contributed by atoms with E-state index in [4.69, 9.17) is 0 Å². The number of hydrogen-bond donors (Lipinski definition) is 0. The maximum Gasteiger partial charge on any atom is 0.00975 e. The molecule has 0 amide bonds. The molecule has 0 aliphatic heterocycles. The highest BCUT2D eigenvalue weighted by Crippen LogP contribution is 2.30. The van der Waals surface area contributed by atoms with E-state index in [9.17, 15) is 0 Å². The Bertz CT molecular complexity index is 389. The molecule has 0 aliphatic carbocycles. The van der Waals surface area contributed by atoms with E-state index in [-0.39, 0.29) is 0 Å². The van der Waals surface area contributed by atoms with Crippen molar-refractivity contribution in [3.63, 3.8) is 0 Å². The second kappa shape index (κ2) is 5.86. The molecule has 0 fully saturated rings. The highest BCUT2D eigenvalue weighted by atomic mass is 32.1. The third-order valence-corrected chi connectivity index (χ3v) is 3.70. The van der Waals surface area contributed by atoms with E-state index in [1.165, 1.54) is 30.4 Å². The normalized spacial score (nSPS) is 12.6. The maximum absolute atomic E-state index is 2.29. The zero-order chi connectivity index (χ0) is 11.2. The summed E-state index contributed by atoms with van der Waals surface area (Å²) in [6, 6.07) is 13.1. The average molecular weight is 230 g/mol. The number of rotatable bonds is 5. The van der Waals surface area contributed by atoms with Gasteiger partial charge < -0.3 is 0 Å². The Hall–Kier alpha value is -1.08. The molecule has 0 N–H and O–H groups in total. The SMILES string of the molecule is CCCCC(c1ccccc1)c1ccsc1. The van der Waals surface area contributed by atoms with E-state index in [0.29, 0.717) is 5.92 Å². The molecule has 1 atom stereocenters. The lowest BCUT2D eigenvalue weighted by atomic mass is 9.89. The van der Waals surface area contributed by atoms with Crippen molar-refractivity contribution in [1.29, 1.82) is 0 Å². The molecule has 0 saturated heterocycles. The summed E-state index contributed by atoms with van der Waals surface area (Å²) in [7, 11) is 0. The molecule has 0 radical (unpaired) electrons. The monoisotopic (exact) mass is 230 g/mol. The van der Waals surface area contributed by atoms with Crippen molar-refractivity contribution in [2.75, 3.05) is 0 Å². The van der Waals surface area contributed by atoms with Crippen molar-refractivity contribution in [3.05, 3.63) is 58.3 Å². The van der Waals surface area contributed by atoms with Gasteiger partial charge in [0.15, 0.2) is 0 Å². The van der Waals surface area contributed by atoms with Crippen LogP contribution >= 0.6 is 11.3 Å². The van der Waals surface area contributed by atoms with E-state index in [0.717, 1.165) is 0 Å². The summed E-state index contributed by atoms with van der Waals surface area (Å²) >= 11 is 1.80. The summed E-state index contributed by atoms with van der Waals surface area (Å²) in [4.78, 5) is 0. The minimum Gasteiger partial charge on any atom is -0.152 e. The first-order chi connectivity index (χ1) is 7.92. The third kappa shape index (κ3) is 2.73. The Morgan fingerprint density at radius 1 is 1.06 bits per heavy atom. The summed E-state index contributed by atoms with van der Waals surface area (Å²) in [6.45, 7) is 2.26. The largest absolute Gasteiger partial charge is 0.152 e. The van der Waals surface area contributed by atoms with E-state index in [2.05, 4.69) is 54.1 Å². The molecule has 2 aromatic rings. The number of unbranched alkanes of at least 4 members (excludes halogenated alkanes) is 1. The summed E-state index contributed by atoms with van der Waals surface area (Å²) in [5, 5.41) is 4.46. The first kappa shape index (κ1) is 11.4. The smallest absolute Gasteiger partial charge is 0.00975 e. The fourth-order valence-corrected chi connectivity index (χ4v) is 2.81. The fourth-order valence-electron chi connectivity index (χ4n) is 2.09. The van der Waals surface area contributed by atoms with Gasteiger partial charge in [-0.1, -0.05) is 50.1 Å². The van der Waals surface area contributed by atoms with Crippen LogP contribution in [0.3, 0.4) is 0 Å². The number of hydrogen-bond acceptors (Lipinski definition) is 1. The molecule has 16 heavy (non-hydrogen) atoms. The molecule has 1 unspecified atom stereocenters. The van der Waals surface area contributed by atoms with Crippen molar-refractivity contribution in [2.45, 2.75) is 32.1 Å². The van der Waals surface area contributed by atoms with Crippen LogP contribution in [0.5, 0.6) is 0 Å². The average Bonchev–Trinajstić information content (AvgIpc) is 2.85. The standard InChI is InChI=1S/C15H18S/c1-2-3-9-15(14-10-11-16-12-14)13-7-5-4-6-8-13/h4-8,10-12,15H,2-3,9H2,1H3. The van der Waals surface area contributed by atoms with Crippen molar-refractivity contribution in [1.82, 2.24) is 0 Å². The molecule has 0 bridgehead atoms. The molecule has 1 heteroatoms. The second-order valence-electron chi connectivity index (χ2n) is 4.16. The highest BCUT2D eigenvalue weighted by molar-refractivity contribution is 7.08. The topological polar surface area (TPSA) is 0 Å². The quantitative estimate of drug-likeness (QED) is 0.672.